The number of aromatic nitrogens is 2. The molecule has 1 heterocycles. The highest BCUT2D eigenvalue weighted by molar-refractivity contribution is 7.99. The van der Waals surface area contributed by atoms with Crippen LogP contribution in [0.4, 0.5) is 0 Å². The molecular formula is C24H26N4O3S. The summed E-state index contributed by atoms with van der Waals surface area (Å²) in [5.74, 6) is -0.212. The summed E-state index contributed by atoms with van der Waals surface area (Å²) in [5.41, 5.74) is 2.32. The molecule has 0 bridgehead atoms. The minimum atomic E-state index is -0.348. The van der Waals surface area contributed by atoms with Crippen molar-refractivity contribution in [3.63, 3.8) is 0 Å². The summed E-state index contributed by atoms with van der Waals surface area (Å²) in [6.07, 6.45) is 1.49. The average molecular weight is 451 g/mol. The van der Waals surface area contributed by atoms with Crippen molar-refractivity contribution in [3.8, 4) is 0 Å². The minimum absolute atomic E-state index is 0.00947. The van der Waals surface area contributed by atoms with E-state index in [1.54, 1.807) is 0 Å². The standard InChI is InChI=1S/C24H26N4O3S/c29-21(25-13-11-18-7-3-1-4-8-18)15-20-16-22(30)28-24(27-20)32-17-23(31)26-14-12-19-9-5-2-6-10-19/h1-10,16H,11-15,17H2,(H,25,29)(H,26,31)(H,27,28,30). The number of thioether (sulfide) groups is 1. The first kappa shape index (κ1) is 23.3. The summed E-state index contributed by atoms with van der Waals surface area (Å²) in [4.78, 5) is 43.1. The van der Waals surface area contributed by atoms with E-state index in [1.165, 1.54) is 6.07 Å². The van der Waals surface area contributed by atoms with Crippen molar-refractivity contribution in [3.05, 3.63) is 93.9 Å². The van der Waals surface area contributed by atoms with Crippen molar-refractivity contribution in [1.82, 2.24) is 20.6 Å². The second-order valence-corrected chi connectivity index (χ2v) is 8.14. The third-order valence-corrected chi connectivity index (χ3v) is 5.49. The van der Waals surface area contributed by atoms with Crippen LogP contribution in [0.15, 0.2) is 76.7 Å². The molecule has 3 aromatic rings. The molecule has 2 amide bonds. The molecule has 0 atom stereocenters. The van der Waals surface area contributed by atoms with Gasteiger partial charge in [0.25, 0.3) is 5.56 Å². The Labute approximate surface area is 191 Å². The third kappa shape index (κ3) is 8.39. The lowest BCUT2D eigenvalue weighted by molar-refractivity contribution is -0.120. The summed E-state index contributed by atoms with van der Waals surface area (Å²) in [6.45, 7) is 1.05. The molecule has 8 heteroatoms. The molecule has 0 saturated heterocycles. The molecule has 32 heavy (non-hydrogen) atoms. The van der Waals surface area contributed by atoms with Crippen molar-refractivity contribution in [1.29, 1.82) is 0 Å². The molecule has 0 saturated carbocycles. The van der Waals surface area contributed by atoms with Gasteiger partial charge >= 0.3 is 0 Å². The number of hydrogen-bond donors (Lipinski definition) is 3. The first-order valence-corrected chi connectivity index (χ1v) is 11.4. The van der Waals surface area contributed by atoms with Gasteiger partial charge in [0.05, 0.1) is 17.9 Å². The van der Waals surface area contributed by atoms with Gasteiger partial charge < -0.3 is 15.6 Å². The Hall–Kier alpha value is -3.39. The fourth-order valence-electron chi connectivity index (χ4n) is 3.04. The summed E-state index contributed by atoms with van der Waals surface area (Å²) >= 11 is 1.13. The van der Waals surface area contributed by atoms with E-state index in [0.717, 1.165) is 35.7 Å². The smallest absolute Gasteiger partial charge is 0.251 e. The van der Waals surface area contributed by atoms with Crippen LogP contribution >= 0.6 is 11.8 Å². The lowest BCUT2D eigenvalue weighted by atomic mass is 10.1. The zero-order chi connectivity index (χ0) is 22.6. The van der Waals surface area contributed by atoms with Gasteiger partial charge in [-0.05, 0) is 24.0 Å². The molecule has 3 rings (SSSR count). The van der Waals surface area contributed by atoms with Gasteiger partial charge in [0, 0.05) is 19.2 Å². The number of rotatable bonds is 11. The number of H-pyrrole nitrogens is 1. The normalized spacial score (nSPS) is 10.5. The van der Waals surface area contributed by atoms with E-state index in [-0.39, 0.29) is 29.5 Å². The number of nitrogens with zero attached hydrogens (tertiary/aromatic N) is 1. The highest BCUT2D eigenvalue weighted by atomic mass is 32.2. The van der Waals surface area contributed by atoms with Gasteiger partial charge in [-0.3, -0.25) is 14.4 Å². The molecule has 7 nitrogen and oxygen atoms in total. The van der Waals surface area contributed by atoms with Crippen LogP contribution in [0.2, 0.25) is 0 Å². The molecular weight excluding hydrogens is 424 g/mol. The molecule has 0 radical (unpaired) electrons. The van der Waals surface area contributed by atoms with Gasteiger partial charge in [-0.25, -0.2) is 4.98 Å². The van der Waals surface area contributed by atoms with Crippen molar-refractivity contribution >= 4 is 23.6 Å². The number of nitrogens with one attached hydrogen (secondary N) is 3. The molecule has 0 spiro atoms. The van der Waals surface area contributed by atoms with Gasteiger partial charge in [-0.1, -0.05) is 72.4 Å². The topological polar surface area (TPSA) is 104 Å². The summed E-state index contributed by atoms with van der Waals surface area (Å²) < 4.78 is 0. The second-order valence-electron chi connectivity index (χ2n) is 7.18. The van der Waals surface area contributed by atoms with Crippen molar-refractivity contribution in [2.75, 3.05) is 18.8 Å². The molecule has 2 aromatic carbocycles. The summed E-state index contributed by atoms with van der Waals surface area (Å²) in [7, 11) is 0. The van der Waals surface area contributed by atoms with Gasteiger partial charge in [-0.2, -0.15) is 0 Å². The predicted molar refractivity (Wildman–Crippen MR) is 126 cm³/mol. The maximum Gasteiger partial charge on any atom is 0.251 e. The van der Waals surface area contributed by atoms with Crippen LogP contribution in [0.5, 0.6) is 0 Å². The quantitative estimate of drug-likeness (QED) is 0.307. The van der Waals surface area contributed by atoms with Crippen LogP contribution in [-0.2, 0) is 28.9 Å². The maximum absolute atomic E-state index is 12.2. The van der Waals surface area contributed by atoms with Crippen LogP contribution in [-0.4, -0.2) is 40.6 Å². The van der Waals surface area contributed by atoms with E-state index in [9.17, 15) is 14.4 Å². The summed E-state index contributed by atoms with van der Waals surface area (Å²) in [5, 5.41) is 6.02. The number of carbonyl (C=O) groups is 2. The van der Waals surface area contributed by atoms with Crippen LogP contribution in [0.1, 0.15) is 16.8 Å². The van der Waals surface area contributed by atoms with Crippen LogP contribution in [0.3, 0.4) is 0 Å². The van der Waals surface area contributed by atoms with Gasteiger partial charge in [-0.15, -0.1) is 0 Å². The highest BCUT2D eigenvalue weighted by Crippen LogP contribution is 2.11. The average Bonchev–Trinajstić information content (AvgIpc) is 2.79. The largest absolute Gasteiger partial charge is 0.355 e. The van der Waals surface area contributed by atoms with E-state index < -0.39 is 0 Å². The maximum atomic E-state index is 12.2. The number of aromatic amines is 1. The Kier molecular flexibility index (Phi) is 9.06. The van der Waals surface area contributed by atoms with E-state index >= 15 is 0 Å². The molecule has 0 fully saturated rings. The van der Waals surface area contributed by atoms with Gasteiger partial charge in [0.1, 0.15) is 0 Å². The summed E-state index contributed by atoms with van der Waals surface area (Å²) in [6, 6.07) is 21.1. The fraction of sp³-hybridized carbons (Fsp3) is 0.250. The highest BCUT2D eigenvalue weighted by Gasteiger charge is 2.09. The minimum Gasteiger partial charge on any atom is -0.355 e. The Balaban J connectivity index is 1.41. The number of benzene rings is 2. The second kappa shape index (κ2) is 12.5. The number of amides is 2. The predicted octanol–water partition coefficient (Wildman–Crippen LogP) is 2.12. The molecule has 0 aliphatic carbocycles. The Morgan fingerprint density at radius 3 is 2.00 bits per heavy atom. The van der Waals surface area contributed by atoms with Crippen molar-refractivity contribution < 1.29 is 9.59 Å². The van der Waals surface area contributed by atoms with E-state index in [4.69, 9.17) is 0 Å². The van der Waals surface area contributed by atoms with E-state index in [0.29, 0.717) is 23.9 Å². The Bertz CT molecular complexity index is 1070. The Morgan fingerprint density at radius 1 is 0.844 bits per heavy atom. The first-order chi connectivity index (χ1) is 15.6. The number of carbonyl (C=O) groups excluding carboxylic acids is 2. The fourth-order valence-corrected chi connectivity index (χ4v) is 3.76. The van der Waals surface area contributed by atoms with Gasteiger partial charge in [0.2, 0.25) is 11.8 Å². The van der Waals surface area contributed by atoms with Crippen LogP contribution in [0.25, 0.3) is 0 Å². The van der Waals surface area contributed by atoms with Crippen LogP contribution < -0.4 is 16.2 Å². The van der Waals surface area contributed by atoms with E-state index in [2.05, 4.69) is 20.6 Å². The zero-order valence-electron chi connectivity index (χ0n) is 17.7. The van der Waals surface area contributed by atoms with Crippen LogP contribution in [0, 0.1) is 0 Å². The van der Waals surface area contributed by atoms with E-state index in [1.807, 2.05) is 60.7 Å². The number of hydrogen-bond acceptors (Lipinski definition) is 5. The first-order valence-electron chi connectivity index (χ1n) is 10.4. The van der Waals surface area contributed by atoms with Gasteiger partial charge in [0.15, 0.2) is 5.16 Å². The molecule has 1 aromatic heterocycles. The molecule has 166 valence electrons. The third-order valence-electron chi connectivity index (χ3n) is 4.61. The lowest BCUT2D eigenvalue weighted by Crippen LogP contribution is -2.28. The Morgan fingerprint density at radius 2 is 1.41 bits per heavy atom. The van der Waals surface area contributed by atoms with Crippen molar-refractivity contribution in [2.45, 2.75) is 24.4 Å². The molecule has 0 aliphatic heterocycles. The molecule has 3 N–H and O–H groups in total. The van der Waals surface area contributed by atoms with Crippen molar-refractivity contribution in [2.24, 2.45) is 0 Å². The molecule has 0 aliphatic rings. The lowest BCUT2D eigenvalue weighted by Gasteiger charge is -2.07. The zero-order valence-corrected chi connectivity index (χ0v) is 18.5. The SMILES string of the molecule is O=C(CSc1nc(CC(=O)NCCc2ccccc2)cc(=O)[nH]1)NCCc1ccccc1. The monoisotopic (exact) mass is 450 g/mol. The molecule has 0 unspecified atom stereocenters.